The topological polar surface area (TPSA) is 64.6 Å². The van der Waals surface area contributed by atoms with Crippen molar-refractivity contribution in [1.82, 2.24) is 0 Å². The monoisotopic (exact) mass is 353 g/mol. The molecular weight excluding hydrogens is 341 g/mol. The molecule has 0 heterocycles. The van der Waals surface area contributed by atoms with Crippen molar-refractivity contribution in [2.75, 3.05) is 19.0 Å². The fraction of sp³-hybridized carbons (Fsp3) is 0.125. The van der Waals surface area contributed by atoms with Gasteiger partial charge >= 0.3 is 5.97 Å². The Kier molecular flexibility index (Phi) is 5.84. The second-order valence-electron chi connectivity index (χ2n) is 4.46. The van der Waals surface area contributed by atoms with Gasteiger partial charge in [0, 0.05) is 5.69 Å². The van der Waals surface area contributed by atoms with E-state index in [2.05, 4.69) is 10.1 Å². The van der Waals surface area contributed by atoms with Crippen molar-refractivity contribution in [3.05, 3.63) is 58.1 Å². The van der Waals surface area contributed by atoms with Crippen LogP contribution in [0.25, 0.3) is 0 Å². The van der Waals surface area contributed by atoms with E-state index in [1.807, 2.05) is 0 Å². The summed E-state index contributed by atoms with van der Waals surface area (Å²) < 4.78 is 9.92. The average molecular weight is 354 g/mol. The van der Waals surface area contributed by atoms with Gasteiger partial charge in [-0.05, 0) is 36.4 Å². The summed E-state index contributed by atoms with van der Waals surface area (Å²) in [5.41, 5.74) is 0.927. The van der Waals surface area contributed by atoms with Gasteiger partial charge in [-0.1, -0.05) is 29.3 Å². The zero-order chi connectivity index (χ0) is 16.8. The molecule has 0 aromatic heterocycles. The summed E-state index contributed by atoms with van der Waals surface area (Å²) in [6.07, 6.45) is 0. The number of hydrogen-bond acceptors (Lipinski definition) is 4. The van der Waals surface area contributed by atoms with Crippen molar-refractivity contribution in [3.8, 4) is 5.75 Å². The Morgan fingerprint density at radius 3 is 2.43 bits per heavy atom. The molecule has 1 amide bonds. The van der Waals surface area contributed by atoms with E-state index in [1.54, 1.807) is 42.5 Å². The Bertz CT molecular complexity index is 717. The molecule has 0 spiro atoms. The largest absolute Gasteiger partial charge is 0.482 e. The summed E-state index contributed by atoms with van der Waals surface area (Å²) in [6, 6.07) is 11.2. The van der Waals surface area contributed by atoms with Gasteiger partial charge in [-0.3, -0.25) is 4.79 Å². The molecule has 120 valence electrons. The van der Waals surface area contributed by atoms with Crippen molar-refractivity contribution >= 4 is 40.8 Å². The van der Waals surface area contributed by atoms with E-state index < -0.39 is 5.97 Å². The molecule has 2 rings (SSSR count). The zero-order valence-electron chi connectivity index (χ0n) is 12.1. The Morgan fingerprint density at radius 1 is 1.09 bits per heavy atom. The molecule has 23 heavy (non-hydrogen) atoms. The smallest absolute Gasteiger partial charge is 0.337 e. The zero-order valence-corrected chi connectivity index (χ0v) is 13.6. The van der Waals surface area contributed by atoms with Crippen molar-refractivity contribution in [2.24, 2.45) is 0 Å². The number of benzene rings is 2. The third-order valence-corrected chi connectivity index (χ3v) is 3.67. The van der Waals surface area contributed by atoms with E-state index in [9.17, 15) is 9.59 Å². The lowest BCUT2D eigenvalue weighted by atomic mass is 10.2. The van der Waals surface area contributed by atoms with Crippen LogP contribution in [-0.2, 0) is 9.53 Å². The predicted octanol–water partition coefficient (Wildman–Crippen LogP) is 3.80. The van der Waals surface area contributed by atoms with Crippen LogP contribution in [0, 0.1) is 0 Å². The molecule has 0 unspecified atom stereocenters. The van der Waals surface area contributed by atoms with Crippen molar-refractivity contribution in [2.45, 2.75) is 0 Å². The molecule has 0 aliphatic heterocycles. The van der Waals surface area contributed by atoms with Crippen molar-refractivity contribution < 1.29 is 19.1 Å². The molecule has 0 fully saturated rings. The molecule has 0 atom stereocenters. The lowest BCUT2D eigenvalue weighted by Gasteiger charge is -2.09. The Morgan fingerprint density at radius 2 is 1.78 bits per heavy atom. The standard InChI is InChI=1S/C16H13Cl2NO4/c1-22-16(21)10-5-7-11(8-6-10)19-14(20)9-23-13-4-2-3-12(17)15(13)18/h2-8H,9H2,1H3,(H,19,20). The van der Waals surface area contributed by atoms with Gasteiger partial charge in [0.15, 0.2) is 6.61 Å². The fourth-order valence-corrected chi connectivity index (χ4v) is 2.09. The van der Waals surface area contributed by atoms with Crippen LogP contribution in [0.15, 0.2) is 42.5 Å². The minimum Gasteiger partial charge on any atom is -0.482 e. The minimum absolute atomic E-state index is 0.223. The molecule has 1 N–H and O–H groups in total. The highest BCUT2D eigenvalue weighted by molar-refractivity contribution is 6.42. The van der Waals surface area contributed by atoms with Crippen LogP contribution in [0.4, 0.5) is 5.69 Å². The van der Waals surface area contributed by atoms with Gasteiger partial charge in [0.05, 0.1) is 17.7 Å². The number of methoxy groups -OCH3 is 1. The van der Waals surface area contributed by atoms with Gasteiger partial charge in [-0.2, -0.15) is 0 Å². The molecule has 7 heteroatoms. The van der Waals surface area contributed by atoms with Crippen molar-refractivity contribution in [1.29, 1.82) is 0 Å². The highest BCUT2D eigenvalue weighted by atomic mass is 35.5. The quantitative estimate of drug-likeness (QED) is 0.830. The minimum atomic E-state index is -0.443. The maximum atomic E-state index is 11.9. The number of amides is 1. The number of nitrogens with one attached hydrogen (secondary N) is 1. The molecule has 2 aromatic carbocycles. The summed E-state index contributed by atoms with van der Waals surface area (Å²) in [7, 11) is 1.30. The number of halogens is 2. The predicted molar refractivity (Wildman–Crippen MR) is 88.4 cm³/mol. The lowest BCUT2D eigenvalue weighted by Crippen LogP contribution is -2.20. The fourth-order valence-electron chi connectivity index (χ4n) is 1.74. The van der Waals surface area contributed by atoms with Gasteiger partial charge in [-0.15, -0.1) is 0 Å². The molecule has 0 bridgehead atoms. The second kappa shape index (κ2) is 7.85. The van der Waals surface area contributed by atoms with Gasteiger partial charge < -0.3 is 14.8 Å². The van der Waals surface area contributed by atoms with Crippen molar-refractivity contribution in [3.63, 3.8) is 0 Å². The Balaban J connectivity index is 1.92. The number of carbonyl (C=O) groups is 2. The summed E-state index contributed by atoms with van der Waals surface area (Å²) >= 11 is 11.8. The number of anilines is 1. The summed E-state index contributed by atoms with van der Waals surface area (Å²) in [5.74, 6) is -0.482. The average Bonchev–Trinajstić information content (AvgIpc) is 2.56. The summed E-state index contributed by atoms with van der Waals surface area (Å²) in [5, 5.41) is 3.24. The SMILES string of the molecule is COC(=O)c1ccc(NC(=O)COc2cccc(Cl)c2Cl)cc1. The third kappa shape index (κ3) is 4.61. The summed E-state index contributed by atoms with van der Waals surface area (Å²) in [4.78, 5) is 23.2. The maximum absolute atomic E-state index is 11.9. The van der Waals surface area contributed by atoms with E-state index in [1.165, 1.54) is 7.11 Å². The molecule has 0 saturated heterocycles. The highest BCUT2D eigenvalue weighted by Crippen LogP contribution is 2.31. The van der Waals surface area contributed by atoms with Gasteiger partial charge in [0.1, 0.15) is 10.8 Å². The van der Waals surface area contributed by atoms with E-state index in [4.69, 9.17) is 27.9 Å². The van der Waals surface area contributed by atoms with E-state index >= 15 is 0 Å². The molecule has 5 nitrogen and oxygen atoms in total. The first kappa shape index (κ1) is 17.1. The number of esters is 1. The van der Waals surface area contributed by atoms with Crippen LogP contribution < -0.4 is 10.1 Å². The molecule has 0 aliphatic carbocycles. The Labute approximate surface area is 143 Å². The third-order valence-electron chi connectivity index (χ3n) is 2.86. The normalized spacial score (nSPS) is 10.0. The van der Waals surface area contributed by atoms with Crippen LogP contribution in [0.5, 0.6) is 5.75 Å². The van der Waals surface area contributed by atoms with Gasteiger partial charge in [0.2, 0.25) is 0 Å². The van der Waals surface area contributed by atoms with Gasteiger partial charge in [-0.25, -0.2) is 4.79 Å². The molecule has 0 saturated carbocycles. The number of carbonyl (C=O) groups excluding carboxylic acids is 2. The van der Waals surface area contributed by atoms with E-state index in [-0.39, 0.29) is 17.5 Å². The summed E-state index contributed by atoms with van der Waals surface area (Å²) in [6.45, 7) is -0.223. The lowest BCUT2D eigenvalue weighted by molar-refractivity contribution is -0.118. The molecule has 0 aliphatic rings. The van der Waals surface area contributed by atoms with Gasteiger partial charge in [0.25, 0.3) is 5.91 Å². The van der Waals surface area contributed by atoms with Crippen LogP contribution in [0.1, 0.15) is 10.4 Å². The second-order valence-corrected chi connectivity index (χ2v) is 5.24. The Hall–Kier alpha value is -2.24. The first-order chi connectivity index (χ1) is 11.0. The first-order valence-corrected chi connectivity index (χ1v) is 7.32. The van der Waals surface area contributed by atoms with E-state index in [0.29, 0.717) is 22.0 Å². The number of ether oxygens (including phenoxy) is 2. The molecular formula is C16H13Cl2NO4. The first-order valence-electron chi connectivity index (χ1n) is 6.56. The molecule has 0 radical (unpaired) electrons. The van der Waals surface area contributed by atoms with Crippen LogP contribution in [0.3, 0.4) is 0 Å². The van der Waals surface area contributed by atoms with Crippen LogP contribution >= 0.6 is 23.2 Å². The van der Waals surface area contributed by atoms with Crippen LogP contribution in [0.2, 0.25) is 10.0 Å². The van der Waals surface area contributed by atoms with Crippen LogP contribution in [-0.4, -0.2) is 25.6 Å². The van der Waals surface area contributed by atoms with E-state index in [0.717, 1.165) is 0 Å². The molecule has 2 aromatic rings. The number of rotatable bonds is 5. The maximum Gasteiger partial charge on any atom is 0.337 e. The number of hydrogen-bond donors (Lipinski definition) is 1. The highest BCUT2D eigenvalue weighted by Gasteiger charge is 2.09.